The summed E-state index contributed by atoms with van der Waals surface area (Å²) in [5.74, 6) is 0. The third-order valence-corrected chi connectivity index (χ3v) is 0. The molecule has 0 aliphatic rings. The van der Waals surface area contributed by atoms with E-state index in [0.29, 0.717) is 0 Å². The van der Waals surface area contributed by atoms with E-state index in [4.69, 9.17) is 19.2 Å². The van der Waals surface area contributed by atoms with Gasteiger partial charge in [-0.1, -0.05) is 0 Å². The minimum Gasteiger partial charge on any atom is -1.00 e. The van der Waals surface area contributed by atoms with Crippen LogP contribution in [0.25, 0.3) is 0 Å². The minimum absolute atomic E-state index is 0. The van der Waals surface area contributed by atoms with Gasteiger partial charge in [-0.05, 0) is 0 Å². The Morgan fingerprint density at radius 1 is 1.10 bits per heavy atom. The minimum atomic E-state index is -5.39. The Morgan fingerprint density at radius 3 is 1.10 bits per heavy atom. The SMILES string of the molecule is O=P([O-])([O-])[O-].[Ca+2].[F-].[Fe+2].[Mg+2].[Mn+2]. The Hall–Kier alpha value is 3.10. The van der Waals surface area contributed by atoms with Crippen molar-refractivity contribution in [1.82, 2.24) is 0 Å². The summed E-state index contributed by atoms with van der Waals surface area (Å²) in [7, 11) is -5.39. The molecule has 0 saturated heterocycles. The van der Waals surface area contributed by atoms with Gasteiger partial charge in [-0.15, -0.1) is 0 Å². The van der Waals surface area contributed by atoms with Crippen molar-refractivity contribution in [2.75, 3.05) is 0 Å². The van der Waals surface area contributed by atoms with Crippen molar-refractivity contribution < 1.29 is 58.1 Å². The van der Waals surface area contributed by atoms with Crippen LogP contribution in [0.3, 0.4) is 0 Å². The molecule has 0 atom stereocenters. The summed E-state index contributed by atoms with van der Waals surface area (Å²) in [6.45, 7) is 0. The van der Waals surface area contributed by atoms with Crippen LogP contribution in [-0.2, 0) is 38.7 Å². The van der Waals surface area contributed by atoms with Crippen molar-refractivity contribution in [1.29, 1.82) is 0 Å². The molecule has 0 N–H and O–H groups in total. The molecule has 4 nitrogen and oxygen atoms in total. The molecule has 51 valence electrons. The molecule has 0 saturated carbocycles. The molecule has 0 aromatic carbocycles. The monoisotopic (exact) mass is 289 g/mol. The Morgan fingerprint density at radius 2 is 1.10 bits per heavy atom. The van der Waals surface area contributed by atoms with Crippen molar-refractivity contribution >= 4 is 68.6 Å². The summed E-state index contributed by atoms with van der Waals surface area (Å²) in [6, 6.07) is 0. The predicted molar refractivity (Wildman–Crippen MR) is 19.1 cm³/mol. The fraction of sp³-hybridized carbons (Fsp3) is 0. The van der Waals surface area contributed by atoms with Gasteiger partial charge in [-0.3, -0.25) is 0 Å². The zero-order valence-electron chi connectivity index (χ0n) is 4.60. The fourth-order valence-electron chi connectivity index (χ4n) is 0. The van der Waals surface area contributed by atoms with Crippen LogP contribution in [0.15, 0.2) is 0 Å². The van der Waals surface area contributed by atoms with E-state index in [0.717, 1.165) is 0 Å². The molecular formula is CaFFeMgMnO4P+4. The largest absolute Gasteiger partial charge is 2.00 e. The van der Waals surface area contributed by atoms with Gasteiger partial charge in [0.05, 0.1) is 0 Å². The van der Waals surface area contributed by atoms with Gasteiger partial charge in [-0.2, -0.15) is 7.82 Å². The van der Waals surface area contributed by atoms with Crippen molar-refractivity contribution in [3.63, 3.8) is 0 Å². The van der Waals surface area contributed by atoms with Gasteiger partial charge < -0.3 is 23.9 Å². The number of hydrogen-bond donors (Lipinski definition) is 0. The van der Waals surface area contributed by atoms with E-state index in [2.05, 4.69) is 0 Å². The maximum Gasteiger partial charge on any atom is 2.00 e. The van der Waals surface area contributed by atoms with E-state index in [9.17, 15) is 0 Å². The first kappa shape index (κ1) is 38.0. The molecule has 0 aromatic rings. The molecule has 1 radical (unpaired) electrons. The molecule has 0 fully saturated rings. The Kier molecular flexibility index (Phi) is 68.5. The summed E-state index contributed by atoms with van der Waals surface area (Å²) in [6.07, 6.45) is 0. The van der Waals surface area contributed by atoms with E-state index in [-0.39, 0.29) is 99.6 Å². The van der Waals surface area contributed by atoms with Crippen LogP contribution in [-0.4, -0.2) is 60.8 Å². The van der Waals surface area contributed by atoms with E-state index >= 15 is 0 Å². The van der Waals surface area contributed by atoms with Gasteiger partial charge >= 0.3 is 94.9 Å². The van der Waals surface area contributed by atoms with Crippen LogP contribution >= 0.6 is 7.82 Å². The standard InChI is InChI=1S/Ca.FH.Fe.Mg.Mn.H3O4P/c;;;;;1-5(2,3)4/h;1H;;;;(H3,1,2,3,4)/q+2;;3*+2;/p-4. The molecule has 0 heterocycles. The van der Waals surface area contributed by atoms with E-state index in [1.165, 1.54) is 0 Å². The third-order valence-electron chi connectivity index (χ3n) is 0. The van der Waals surface area contributed by atoms with E-state index in [1.54, 1.807) is 0 Å². The molecule has 0 spiro atoms. The molecule has 0 amide bonds. The Bertz CT molecular complexity index is 71.4. The molecule has 0 aliphatic carbocycles. The smallest absolute Gasteiger partial charge is 1.00 e. The summed E-state index contributed by atoms with van der Waals surface area (Å²) < 4.78 is 8.55. The summed E-state index contributed by atoms with van der Waals surface area (Å²) in [4.78, 5) is 25.6. The first-order chi connectivity index (χ1) is 2.00. The number of rotatable bonds is 0. The zero-order chi connectivity index (χ0) is 4.50. The maximum absolute atomic E-state index is 8.55. The van der Waals surface area contributed by atoms with Gasteiger partial charge in [0.2, 0.25) is 0 Å². The van der Waals surface area contributed by atoms with Gasteiger partial charge in [0.15, 0.2) is 0 Å². The van der Waals surface area contributed by atoms with E-state index < -0.39 is 7.82 Å². The Balaban J connectivity index is -0.00000000800. The summed E-state index contributed by atoms with van der Waals surface area (Å²) in [5.41, 5.74) is 0. The second kappa shape index (κ2) is 18.0. The van der Waals surface area contributed by atoms with Crippen LogP contribution < -0.4 is 19.4 Å². The molecule has 0 rings (SSSR count). The summed E-state index contributed by atoms with van der Waals surface area (Å²) in [5, 5.41) is 0. The third kappa shape index (κ3) is 118. The van der Waals surface area contributed by atoms with Gasteiger partial charge in [0.1, 0.15) is 0 Å². The molecule has 10 heavy (non-hydrogen) atoms. The average molecular weight is 289 g/mol. The predicted octanol–water partition coefficient (Wildman–Crippen LogP) is -6.59. The number of halogens is 1. The van der Waals surface area contributed by atoms with Gasteiger partial charge in [-0.25, -0.2) is 0 Å². The molecule has 0 aliphatic heterocycles. The van der Waals surface area contributed by atoms with Crippen LogP contribution in [0.5, 0.6) is 0 Å². The van der Waals surface area contributed by atoms with Gasteiger partial charge in [0, 0.05) is 0 Å². The van der Waals surface area contributed by atoms with Crippen LogP contribution in [0.2, 0.25) is 0 Å². The van der Waals surface area contributed by atoms with Crippen molar-refractivity contribution in [2.24, 2.45) is 0 Å². The number of phosphoric acid groups is 1. The molecule has 0 aromatic heterocycles. The Labute approximate surface area is 125 Å². The van der Waals surface area contributed by atoms with Crippen LogP contribution in [0.4, 0.5) is 0 Å². The van der Waals surface area contributed by atoms with Gasteiger partial charge in [0.25, 0.3) is 0 Å². The summed E-state index contributed by atoms with van der Waals surface area (Å²) >= 11 is 0. The second-order valence-electron chi connectivity index (χ2n) is 0.447. The van der Waals surface area contributed by atoms with Crippen molar-refractivity contribution in [3.8, 4) is 0 Å². The zero-order valence-corrected chi connectivity index (χ0v) is 11.4. The number of hydrogen-bond acceptors (Lipinski definition) is 4. The van der Waals surface area contributed by atoms with Crippen LogP contribution in [0, 0.1) is 0 Å². The maximum atomic E-state index is 8.55. The second-order valence-corrected chi connectivity index (χ2v) is 1.34. The van der Waals surface area contributed by atoms with Crippen LogP contribution in [0.1, 0.15) is 0 Å². The van der Waals surface area contributed by atoms with E-state index in [1.807, 2.05) is 0 Å². The topological polar surface area (TPSA) is 86.2 Å². The average Bonchev–Trinajstić information content (AvgIpc) is 0.722. The van der Waals surface area contributed by atoms with Crippen molar-refractivity contribution in [3.05, 3.63) is 0 Å². The fourth-order valence-corrected chi connectivity index (χ4v) is 0. The van der Waals surface area contributed by atoms with Crippen molar-refractivity contribution in [2.45, 2.75) is 0 Å². The normalized spacial score (nSPS) is 5.90. The molecule has 0 unspecified atom stereocenters. The quantitative estimate of drug-likeness (QED) is 0.328. The molecular weight excluding hydrogens is 289 g/mol. The molecule has 0 bridgehead atoms. The first-order valence-corrected chi connectivity index (χ1v) is 2.19. The molecule has 10 heteroatoms. The first-order valence-electron chi connectivity index (χ1n) is 0.730.